The normalized spacial score (nSPS) is 16.4. The number of anilines is 4. The summed E-state index contributed by atoms with van der Waals surface area (Å²) in [6.07, 6.45) is -7.19. The topological polar surface area (TPSA) is 124 Å². The molecule has 2 N–H and O–H groups in total. The number of nitrogens with zero attached hydrogens (tertiary/aromatic N) is 8. The van der Waals surface area contributed by atoms with Gasteiger partial charge in [0.2, 0.25) is 17.8 Å². The molecule has 2 saturated heterocycles. The number of nitrogens with one attached hydrogen (secondary N) is 2. The summed E-state index contributed by atoms with van der Waals surface area (Å²) in [7, 11) is 7.79. The summed E-state index contributed by atoms with van der Waals surface area (Å²) in [6.45, 7) is 2.62. The molecule has 64 heavy (non-hydrogen) atoms. The molecule has 2 fully saturated rings. The number of amides is 1. The second-order valence-electron chi connectivity index (χ2n) is 15.5. The zero-order valence-corrected chi connectivity index (χ0v) is 37.5. The summed E-state index contributed by atoms with van der Waals surface area (Å²) in [5.41, 5.74) is 3.25. The quantitative estimate of drug-likeness (QED) is 0.0900. The van der Waals surface area contributed by atoms with Crippen LogP contribution in [0.4, 0.5) is 49.9 Å². The highest BCUT2D eigenvalue weighted by atomic mass is 32.1. The van der Waals surface area contributed by atoms with Crippen molar-refractivity contribution in [1.82, 2.24) is 29.7 Å². The van der Waals surface area contributed by atoms with Crippen molar-refractivity contribution in [2.45, 2.75) is 50.5 Å². The van der Waals surface area contributed by atoms with E-state index < -0.39 is 12.7 Å². The first kappa shape index (κ1) is 46.3. The average Bonchev–Trinajstić information content (AvgIpc) is 4.06. The van der Waals surface area contributed by atoms with E-state index in [0.29, 0.717) is 37.0 Å². The minimum atomic E-state index is -4.74. The van der Waals surface area contributed by atoms with Crippen molar-refractivity contribution in [2.75, 3.05) is 74.8 Å². The van der Waals surface area contributed by atoms with Gasteiger partial charge in [-0.05, 0) is 71.1 Å². The number of thiocarbonyl (C=S) groups is 1. The molecule has 0 bridgehead atoms. The SMILES string of the molecule is CN(C)c1nc(N[C@H]2CCN(C(=O)Cc3ccc(OC(F)(F)F)cc3)C2)nc2ccsc12.CN(C)c1nc(N[C@H]2CCN(C(=S)Cc3ccc(OC(F)(F)F)cc3)C2)nc2ccsc12. The predicted molar refractivity (Wildman–Crippen MR) is 242 cm³/mol. The largest absolute Gasteiger partial charge is 0.573 e. The van der Waals surface area contributed by atoms with Crippen LogP contribution in [0.3, 0.4) is 0 Å². The third kappa shape index (κ3) is 12.3. The molecule has 0 unspecified atom stereocenters. The summed E-state index contributed by atoms with van der Waals surface area (Å²) < 4.78 is 83.6. The summed E-state index contributed by atoms with van der Waals surface area (Å²) in [5, 5.41) is 10.7. The fourth-order valence-electron chi connectivity index (χ4n) is 7.20. The van der Waals surface area contributed by atoms with Crippen molar-refractivity contribution in [3.05, 3.63) is 82.6 Å². The van der Waals surface area contributed by atoms with Gasteiger partial charge in [0.15, 0.2) is 11.6 Å². The minimum absolute atomic E-state index is 0.0209. The molecule has 340 valence electrons. The first-order valence-electron chi connectivity index (χ1n) is 20.0. The molecule has 6 aromatic rings. The highest BCUT2D eigenvalue weighted by molar-refractivity contribution is 7.80. The van der Waals surface area contributed by atoms with Gasteiger partial charge >= 0.3 is 12.7 Å². The van der Waals surface area contributed by atoms with Crippen LogP contribution in [0.2, 0.25) is 0 Å². The number of thiophene rings is 2. The number of carbonyl (C=O) groups excluding carboxylic acids is 1. The van der Waals surface area contributed by atoms with Gasteiger partial charge in [0.25, 0.3) is 0 Å². The average molecular weight is 947 g/mol. The van der Waals surface area contributed by atoms with Gasteiger partial charge < -0.3 is 39.7 Å². The van der Waals surface area contributed by atoms with Gasteiger partial charge in [-0.1, -0.05) is 36.5 Å². The van der Waals surface area contributed by atoms with E-state index in [1.54, 1.807) is 39.7 Å². The van der Waals surface area contributed by atoms with Crippen LogP contribution < -0.4 is 29.9 Å². The number of carbonyl (C=O) groups is 1. The number of fused-ring (bicyclic) bond motifs is 2. The Hall–Kier alpha value is -5.74. The highest BCUT2D eigenvalue weighted by Crippen LogP contribution is 2.32. The van der Waals surface area contributed by atoms with E-state index in [1.807, 2.05) is 60.9 Å². The lowest BCUT2D eigenvalue weighted by molar-refractivity contribution is -0.275. The van der Waals surface area contributed by atoms with Crippen molar-refractivity contribution < 1.29 is 40.6 Å². The van der Waals surface area contributed by atoms with Gasteiger partial charge in [-0.15, -0.1) is 49.0 Å². The van der Waals surface area contributed by atoms with Crippen molar-refractivity contribution in [1.29, 1.82) is 0 Å². The summed E-state index contributed by atoms with van der Waals surface area (Å²) >= 11 is 8.80. The van der Waals surface area contributed by atoms with E-state index in [-0.39, 0.29) is 35.9 Å². The van der Waals surface area contributed by atoms with Gasteiger partial charge in [-0.3, -0.25) is 4.79 Å². The molecule has 6 heterocycles. The van der Waals surface area contributed by atoms with Crippen LogP contribution in [0, 0.1) is 0 Å². The Kier molecular flexibility index (Phi) is 14.1. The van der Waals surface area contributed by atoms with E-state index in [9.17, 15) is 31.1 Å². The Morgan fingerprint density at radius 3 is 1.53 bits per heavy atom. The highest BCUT2D eigenvalue weighted by Gasteiger charge is 2.32. The van der Waals surface area contributed by atoms with Crippen LogP contribution in [-0.2, 0) is 17.6 Å². The molecule has 2 aliphatic heterocycles. The predicted octanol–water partition coefficient (Wildman–Crippen LogP) is 8.62. The third-order valence-corrected chi connectivity index (χ3v) is 12.4. The lowest BCUT2D eigenvalue weighted by atomic mass is 10.1. The number of rotatable bonds is 12. The number of benzene rings is 2. The maximum atomic E-state index is 12.7. The Morgan fingerprint density at radius 1 is 0.672 bits per heavy atom. The van der Waals surface area contributed by atoms with Crippen LogP contribution in [0.25, 0.3) is 20.4 Å². The Labute approximate surface area is 378 Å². The molecule has 0 saturated carbocycles. The molecule has 0 aliphatic carbocycles. The van der Waals surface area contributed by atoms with Gasteiger partial charge in [-0.2, -0.15) is 9.97 Å². The molecule has 8 rings (SSSR count). The van der Waals surface area contributed by atoms with Crippen LogP contribution in [-0.4, -0.2) is 120 Å². The van der Waals surface area contributed by atoms with E-state index in [2.05, 4.69) is 44.9 Å². The Balaban J connectivity index is 0.000000191. The number of aromatic nitrogens is 4. The van der Waals surface area contributed by atoms with Crippen molar-refractivity contribution in [2.24, 2.45) is 0 Å². The van der Waals surface area contributed by atoms with E-state index in [0.717, 1.165) is 68.6 Å². The minimum Gasteiger partial charge on any atom is -0.406 e. The van der Waals surface area contributed by atoms with Crippen LogP contribution in [0.15, 0.2) is 71.4 Å². The number of likely N-dealkylation sites (tertiary alicyclic amines) is 2. The molecule has 13 nitrogen and oxygen atoms in total. The molecular formula is C42H44F6N10O3S3. The number of hydrogen-bond donors (Lipinski definition) is 2. The Bertz CT molecular complexity index is 2380. The van der Waals surface area contributed by atoms with Gasteiger partial charge in [0, 0.05) is 72.9 Å². The Morgan fingerprint density at radius 2 is 1.09 bits per heavy atom. The molecule has 2 atom stereocenters. The van der Waals surface area contributed by atoms with E-state index >= 15 is 0 Å². The van der Waals surface area contributed by atoms with Crippen molar-refractivity contribution in [3.63, 3.8) is 0 Å². The summed E-state index contributed by atoms with van der Waals surface area (Å²) in [4.78, 5) is 39.7. The number of ether oxygens (including phenoxy) is 2. The van der Waals surface area contributed by atoms with E-state index in [1.165, 1.54) is 36.4 Å². The fraction of sp³-hybridized carbons (Fsp3) is 0.381. The standard InChI is InChI=1S/C21H22F3N5O2S.C21H22F3N5OS2/c1-28(2)19-18-16(8-10-32-18)26-20(27-19)25-14-7-9-29(12-14)17(30)11-13-3-5-15(6-4-13)31-21(22,23)24;1-28(2)19-18-16(8-10-32-18)26-20(27-19)25-14-7-9-29(12-14)17(31)11-13-3-5-15(6-4-13)30-21(22,23)24/h2*3-6,8,10,14H,7,9,11-12H2,1-2H3,(H,25,26,27)/t2*14-/m00/s1. The van der Waals surface area contributed by atoms with Crippen LogP contribution >= 0.6 is 34.9 Å². The molecule has 4 aromatic heterocycles. The van der Waals surface area contributed by atoms with E-state index in [4.69, 9.17) is 12.2 Å². The third-order valence-electron chi connectivity index (χ3n) is 10.2. The fourth-order valence-corrected chi connectivity index (χ4v) is 9.33. The smallest absolute Gasteiger partial charge is 0.406 e. The molecular weight excluding hydrogens is 903 g/mol. The molecule has 22 heteroatoms. The van der Waals surface area contributed by atoms with Crippen molar-refractivity contribution >= 4 is 89.8 Å². The van der Waals surface area contributed by atoms with Gasteiger partial charge in [-0.25, -0.2) is 9.97 Å². The second kappa shape index (κ2) is 19.6. The van der Waals surface area contributed by atoms with Crippen molar-refractivity contribution in [3.8, 4) is 11.5 Å². The zero-order chi connectivity index (χ0) is 45.8. The van der Waals surface area contributed by atoms with Crippen LogP contribution in [0.1, 0.15) is 24.0 Å². The van der Waals surface area contributed by atoms with Gasteiger partial charge in [0.05, 0.1) is 31.8 Å². The summed E-state index contributed by atoms with van der Waals surface area (Å²) in [5.74, 6) is 2.22. The molecule has 2 aromatic carbocycles. The first-order valence-corrected chi connectivity index (χ1v) is 22.2. The summed E-state index contributed by atoms with van der Waals surface area (Å²) in [6, 6.07) is 15.3. The first-order chi connectivity index (χ1) is 30.4. The maximum Gasteiger partial charge on any atom is 0.573 e. The number of alkyl halides is 6. The number of hydrogen-bond acceptors (Lipinski definition) is 14. The van der Waals surface area contributed by atoms with Crippen LogP contribution in [0.5, 0.6) is 11.5 Å². The lowest BCUT2D eigenvalue weighted by Gasteiger charge is -2.20. The molecule has 0 spiro atoms. The second-order valence-corrected chi connectivity index (χ2v) is 17.8. The maximum absolute atomic E-state index is 12.7. The molecule has 1 amide bonds. The van der Waals surface area contributed by atoms with Gasteiger partial charge in [0.1, 0.15) is 11.5 Å². The number of halogens is 6. The molecule has 2 aliphatic rings. The zero-order valence-electron chi connectivity index (χ0n) is 35.0. The molecule has 0 radical (unpaired) electrons. The lowest BCUT2D eigenvalue weighted by Crippen LogP contribution is -2.33. The monoisotopic (exact) mass is 946 g/mol.